The van der Waals surface area contributed by atoms with E-state index in [0.717, 1.165) is 24.8 Å². The number of aliphatic carboxylic acids is 2. The van der Waals surface area contributed by atoms with Crippen molar-refractivity contribution >= 4 is 17.8 Å². The van der Waals surface area contributed by atoms with Crippen LogP contribution in [0, 0.1) is 11.3 Å². The number of oxazole rings is 1. The molecule has 1 saturated carbocycles. The molecule has 1 amide bonds. The van der Waals surface area contributed by atoms with Gasteiger partial charge in [-0.15, -0.1) is 0 Å². The van der Waals surface area contributed by atoms with Crippen LogP contribution in [0.4, 0.5) is 0 Å². The molecular formula is C25H32N2O6. The Hall–Kier alpha value is -3.16. The predicted molar refractivity (Wildman–Crippen MR) is 121 cm³/mol. The number of hydrogen-bond donors (Lipinski definition) is 3. The van der Waals surface area contributed by atoms with Crippen molar-refractivity contribution < 1.29 is 29.0 Å². The lowest BCUT2D eigenvalue weighted by atomic mass is 9.75. The summed E-state index contributed by atoms with van der Waals surface area (Å²) in [6.45, 7) is 1.93. The summed E-state index contributed by atoms with van der Waals surface area (Å²) in [5.41, 5.74) is 0.0800. The van der Waals surface area contributed by atoms with Crippen LogP contribution in [0.3, 0.4) is 0 Å². The molecule has 1 heterocycles. The van der Waals surface area contributed by atoms with Gasteiger partial charge in [-0.3, -0.25) is 14.4 Å². The second-order valence-electron chi connectivity index (χ2n) is 8.97. The highest BCUT2D eigenvalue weighted by atomic mass is 16.4. The summed E-state index contributed by atoms with van der Waals surface area (Å²) in [5, 5.41) is 21.9. The van der Waals surface area contributed by atoms with Crippen molar-refractivity contribution in [1.82, 2.24) is 10.3 Å². The molecule has 1 fully saturated rings. The van der Waals surface area contributed by atoms with Crippen LogP contribution in [0.25, 0.3) is 11.3 Å². The molecule has 1 aromatic carbocycles. The highest BCUT2D eigenvalue weighted by Crippen LogP contribution is 2.44. The molecule has 2 aromatic rings. The summed E-state index contributed by atoms with van der Waals surface area (Å²) >= 11 is 0. The molecule has 0 saturated heterocycles. The van der Waals surface area contributed by atoms with Gasteiger partial charge in [0.1, 0.15) is 0 Å². The van der Waals surface area contributed by atoms with Crippen LogP contribution < -0.4 is 5.32 Å². The summed E-state index contributed by atoms with van der Waals surface area (Å²) in [6.07, 6.45) is 5.91. The maximum atomic E-state index is 13.4. The van der Waals surface area contributed by atoms with Crippen molar-refractivity contribution in [2.24, 2.45) is 11.3 Å². The van der Waals surface area contributed by atoms with Crippen LogP contribution in [0.15, 0.2) is 40.9 Å². The highest BCUT2D eigenvalue weighted by Gasteiger charge is 2.44. The van der Waals surface area contributed by atoms with Gasteiger partial charge >= 0.3 is 11.9 Å². The first-order valence-corrected chi connectivity index (χ1v) is 11.6. The van der Waals surface area contributed by atoms with Crippen LogP contribution in [0.1, 0.15) is 64.2 Å². The van der Waals surface area contributed by atoms with Gasteiger partial charge in [0, 0.05) is 18.0 Å². The fourth-order valence-electron chi connectivity index (χ4n) is 4.78. The minimum atomic E-state index is -1.04. The molecule has 1 aliphatic rings. The zero-order valence-electron chi connectivity index (χ0n) is 19.0. The average molecular weight is 457 g/mol. The van der Waals surface area contributed by atoms with Crippen molar-refractivity contribution in [3.8, 4) is 11.3 Å². The van der Waals surface area contributed by atoms with Crippen molar-refractivity contribution in [2.45, 2.75) is 70.8 Å². The number of carboxylic acids is 2. The van der Waals surface area contributed by atoms with Crippen LogP contribution in [-0.2, 0) is 20.8 Å². The Kier molecular flexibility index (Phi) is 8.25. The molecule has 178 valence electrons. The van der Waals surface area contributed by atoms with Gasteiger partial charge in [0.25, 0.3) is 0 Å². The number of rotatable bonds is 12. The predicted octanol–water partition coefficient (Wildman–Crippen LogP) is 4.30. The molecule has 0 aliphatic heterocycles. The van der Waals surface area contributed by atoms with Crippen LogP contribution >= 0.6 is 0 Å². The van der Waals surface area contributed by atoms with Crippen molar-refractivity contribution in [1.29, 1.82) is 0 Å². The van der Waals surface area contributed by atoms with E-state index in [1.807, 2.05) is 37.3 Å². The van der Waals surface area contributed by atoms with Gasteiger partial charge in [0.05, 0.1) is 24.0 Å². The number of carbonyl (C=O) groups is 3. The number of nitrogens with one attached hydrogen (secondary N) is 1. The number of aromatic nitrogens is 1. The third kappa shape index (κ3) is 6.43. The molecule has 33 heavy (non-hydrogen) atoms. The molecule has 2 atom stereocenters. The molecule has 0 unspecified atom stereocenters. The van der Waals surface area contributed by atoms with Gasteiger partial charge < -0.3 is 19.9 Å². The van der Waals surface area contributed by atoms with E-state index in [1.54, 1.807) is 6.20 Å². The Morgan fingerprint density at radius 2 is 1.85 bits per heavy atom. The lowest BCUT2D eigenvalue weighted by Gasteiger charge is -2.32. The second kappa shape index (κ2) is 11.1. The van der Waals surface area contributed by atoms with Crippen LogP contribution in [0.5, 0.6) is 0 Å². The summed E-state index contributed by atoms with van der Waals surface area (Å²) in [7, 11) is 0. The van der Waals surface area contributed by atoms with E-state index in [4.69, 9.17) is 4.42 Å². The minimum Gasteiger partial charge on any atom is -0.481 e. The van der Waals surface area contributed by atoms with Gasteiger partial charge in [-0.05, 0) is 25.7 Å². The van der Waals surface area contributed by atoms with E-state index >= 15 is 0 Å². The Labute approximate surface area is 193 Å². The van der Waals surface area contributed by atoms with E-state index in [2.05, 4.69) is 10.3 Å². The summed E-state index contributed by atoms with van der Waals surface area (Å²) in [6, 6.07) is 8.74. The molecular weight excluding hydrogens is 424 g/mol. The molecule has 8 heteroatoms. The number of carboxylic acid groups (broad SMARTS) is 2. The van der Waals surface area contributed by atoms with Crippen LogP contribution in [0.2, 0.25) is 0 Å². The largest absolute Gasteiger partial charge is 0.481 e. The lowest BCUT2D eigenvalue weighted by molar-refractivity contribution is -0.144. The Morgan fingerprint density at radius 3 is 2.45 bits per heavy atom. The Bertz CT molecular complexity index is 949. The first kappa shape index (κ1) is 24.5. The third-order valence-electron chi connectivity index (χ3n) is 6.45. The van der Waals surface area contributed by atoms with Gasteiger partial charge in [-0.2, -0.15) is 0 Å². The average Bonchev–Trinajstić information content (AvgIpc) is 3.44. The molecule has 3 N–H and O–H groups in total. The van der Waals surface area contributed by atoms with E-state index in [1.165, 1.54) is 0 Å². The van der Waals surface area contributed by atoms with Gasteiger partial charge in [0.15, 0.2) is 11.7 Å². The first-order chi connectivity index (χ1) is 15.8. The topological polar surface area (TPSA) is 130 Å². The third-order valence-corrected chi connectivity index (χ3v) is 6.45. The number of hydrogen-bond acceptors (Lipinski definition) is 5. The summed E-state index contributed by atoms with van der Waals surface area (Å²) in [5.74, 6) is -1.85. The first-order valence-electron chi connectivity index (χ1n) is 11.6. The fraction of sp³-hybridized carbons (Fsp3) is 0.520. The lowest BCUT2D eigenvalue weighted by Crippen LogP contribution is -2.47. The van der Waals surface area contributed by atoms with Crippen molar-refractivity contribution in [2.75, 3.05) is 0 Å². The van der Waals surface area contributed by atoms with Crippen molar-refractivity contribution in [3.63, 3.8) is 0 Å². The maximum Gasteiger partial charge on any atom is 0.306 e. The zero-order chi connectivity index (χ0) is 23.8. The van der Waals surface area contributed by atoms with Crippen LogP contribution in [-0.4, -0.2) is 39.1 Å². The zero-order valence-corrected chi connectivity index (χ0v) is 19.0. The number of amides is 1. The minimum absolute atomic E-state index is 0.137. The smallest absolute Gasteiger partial charge is 0.306 e. The second-order valence-corrected chi connectivity index (χ2v) is 8.97. The quantitative estimate of drug-likeness (QED) is 0.434. The molecule has 8 nitrogen and oxygen atoms in total. The molecule has 0 spiro atoms. The normalized spacial score (nSPS) is 16.8. The molecule has 0 bridgehead atoms. The summed E-state index contributed by atoms with van der Waals surface area (Å²) < 4.78 is 5.81. The van der Waals surface area contributed by atoms with Crippen molar-refractivity contribution in [3.05, 3.63) is 42.4 Å². The molecule has 1 aromatic heterocycles. The van der Waals surface area contributed by atoms with E-state index in [-0.39, 0.29) is 25.2 Å². The monoisotopic (exact) mass is 456 g/mol. The number of benzene rings is 1. The molecule has 0 radical (unpaired) electrons. The summed E-state index contributed by atoms with van der Waals surface area (Å²) in [4.78, 5) is 40.9. The maximum absolute atomic E-state index is 13.4. The van der Waals surface area contributed by atoms with E-state index in [9.17, 15) is 24.6 Å². The SMILES string of the molecule is CCC[C@H](CC1(C(=O)N[C@H](CC(=O)O)Cc2ncc(-c3ccccc3)o2)CCCC1)C(=O)O. The Balaban J connectivity index is 1.74. The molecule has 1 aliphatic carbocycles. The standard InChI is InChI=1S/C25H32N2O6/c1-2-8-18(23(30)31)15-25(11-6-7-12-25)24(32)27-19(14-22(28)29)13-21-26-16-20(33-21)17-9-4-3-5-10-17/h3-5,9-10,16,18-19H,2,6-8,11-15H2,1H3,(H,27,32)(H,28,29)(H,30,31)/t18-,19+/m1/s1. The van der Waals surface area contributed by atoms with Gasteiger partial charge in [-0.25, -0.2) is 4.98 Å². The fourth-order valence-corrected chi connectivity index (χ4v) is 4.78. The van der Waals surface area contributed by atoms with E-state index < -0.39 is 29.3 Å². The van der Waals surface area contributed by atoms with E-state index in [0.29, 0.717) is 30.9 Å². The molecule has 3 rings (SSSR count). The van der Waals surface area contributed by atoms with Gasteiger partial charge in [0.2, 0.25) is 5.91 Å². The highest BCUT2D eigenvalue weighted by molar-refractivity contribution is 5.84. The number of nitrogens with zero attached hydrogens (tertiary/aromatic N) is 1. The van der Waals surface area contributed by atoms with Gasteiger partial charge in [-0.1, -0.05) is 56.5 Å². The number of carbonyl (C=O) groups excluding carboxylic acids is 1. The Morgan fingerprint density at radius 1 is 1.15 bits per heavy atom.